The van der Waals surface area contributed by atoms with Gasteiger partial charge in [0.15, 0.2) is 0 Å². The molecule has 1 aliphatic carbocycles. The highest BCUT2D eigenvalue weighted by Gasteiger charge is 2.42. The van der Waals surface area contributed by atoms with E-state index in [1.807, 2.05) is 0 Å². The van der Waals surface area contributed by atoms with Gasteiger partial charge in [-0.05, 0) is 51.6 Å². The summed E-state index contributed by atoms with van der Waals surface area (Å²) in [4.78, 5) is 2.74. The SMILES string of the molecule is CCN1CCCC1(C)C1CCCCC1. The maximum absolute atomic E-state index is 2.74. The standard InChI is InChI=1S/C13H25N/c1-3-14-11-7-10-13(14,2)12-8-5-4-6-9-12/h12H,3-11H2,1-2H3. The first-order chi connectivity index (χ1) is 6.77. The van der Waals surface area contributed by atoms with Crippen molar-refractivity contribution >= 4 is 0 Å². The summed E-state index contributed by atoms with van der Waals surface area (Å²) in [5, 5.41) is 0. The number of likely N-dealkylation sites (tertiary alicyclic amines) is 1. The van der Waals surface area contributed by atoms with Crippen molar-refractivity contribution in [3.8, 4) is 0 Å². The zero-order chi connectivity index (χ0) is 10.0. The summed E-state index contributed by atoms with van der Waals surface area (Å²) in [6.07, 6.45) is 10.3. The van der Waals surface area contributed by atoms with Gasteiger partial charge in [-0.15, -0.1) is 0 Å². The van der Waals surface area contributed by atoms with Crippen molar-refractivity contribution in [2.75, 3.05) is 13.1 Å². The average molecular weight is 195 g/mol. The lowest BCUT2D eigenvalue weighted by atomic mass is 9.74. The Kier molecular flexibility index (Phi) is 3.16. The Labute approximate surface area is 88.9 Å². The molecule has 1 atom stereocenters. The largest absolute Gasteiger partial charge is 0.298 e. The lowest BCUT2D eigenvalue weighted by Gasteiger charge is -2.43. The molecule has 2 aliphatic rings. The summed E-state index contributed by atoms with van der Waals surface area (Å²) in [5.41, 5.74) is 0.565. The number of hydrogen-bond donors (Lipinski definition) is 0. The van der Waals surface area contributed by atoms with Gasteiger partial charge in [0, 0.05) is 5.54 Å². The van der Waals surface area contributed by atoms with Crippen molar-refractivity contribution in [3.63, 3.8) is 0 Å². The number of nitrogens with zero attached hydrogens (tertiary/aromatic N) is 1. The minimum atomic E-state index is 0.565. The third-order valence-corrected chi connectivity index (χ3v) is 4.70. The average Bonchev–Trinajstić information content (AvgIpc) is 2.62. The molecule has 1 aliphatic heterocycles. The Balaban J connectivity index is 2.04. The van der Waals surface area contributed by atoms with Crippen molar-refractivity contribution in [3.05, 3.63) is 0 Å². The van der Waals surface area contributed by atoms with Gasteiger partial charge in [0.05, 0.1) is 0 Å². The monoisotopic (exact) mass is 195 g/mol. The summed E-state index contributed by atoms with van der Waals surface area (Å²) >= 11 is 0. The summed E-state index contributed by atoms with van der Waals surface area (Å²) < 4.78 is 0. The molecule has 1 heteroatoms. The van der Waals surface area contributed by atoms with Gasteiger partial charge >= 0.3 is 0 Å². The predicted molar refractivity (Wildman–Crippen MR) is 61.5 cm³/mol. The fourth-order valence-electron chi connectivity index (χ4n) is 3.75. The van der Waals surface area contributed by atoms with Crippen LogP contribution in [0.5, 0.6) is 0 Å². The second-order valence-corrected chi connectivity index (χ2v) is 5.38. The van der Waals surface area contributed by atoms with Crippen LogP contribution in [-0.2, 0) is 0 Å². The molecule has 1 unspecified atom stereocenters. The first-order valence-corrected chi connectivity index (χ1v) is 6.52. The van der Waals surface area contributed by atoms with Crippen LogP contribution in [0.25, 0.3) is 0 Å². The fourth-order valence-corrected chi connectivity index (χ4v) is 3.75. The van der Waals surface area contributed by atoms with E-state index in [1.165, 1.54) is 58.0 Å². The van der Waals surface area contributed by atoms with E-state index in [0.29, 0.717) is 5.54 Å². The lowest BCUT2D eigenvalue weighted by Crippen LogP contribution is -2.47. The van der Waals surface area contributed by atoms with E-state index in [-0.39, 0.29) is 0 Å². The topological polar surface area (TPSA) is 3.24 Å². The third-order valence-electron chi connectivity index (χ3n) is 4.70. The lowest BCUT2D eigenvalue weighted by molar-refractivity contribution is 0.0711. The van der Waals surface area contributed by atoms with Crippen molar-refractivity contribution in [1.29, 1.82) is 0 Å². The van der Waals surface area contributed by atoms with Gasteiger partial charge in [-0.2, -0.15) is 0 Å². The smallest absolute Gasteiger partial charge is 0.0209 e. The van der Waals surface area contributed by atoms with Gasteiger partial charge < -0.3 is 0 Å². The molecule has 0 bridgehead atoms. The zero-order valence-corrected chi connectivity index (χ0v) is 9.89. The highest BCUT2D eigenvalue weighted by atomic mass is 15.2. The van der Waals surface area contributed by atoms with Gasteiger partial charge in [0.2, 0.25) is 0 Å². The van der Waals surface area contributed by atoms with Crippen LogP contribution in [0, 0.1) is 5.92 Å². The second kappa shape index (κ2) is 4.22. The molecule has 0 aromatic heterocycles. The Hall–Kier alpha value is -0.0400. The van der Waals surface area contributed by atoms with Crippen molar-refractivity contribution < 1.29 is 0 Å². The first-order valence-electron chi connectivity index (χ1n) is 6.52. The van der Waals surface area contributed by atoms with Crippen molar-refractivity contribution in [1.82, 2.24) is 4.90 Å². The molecule has 14 heavy (non-hydrogen) atoms. The molecule has 1 nitrogen and oxygen atoms in total. The maximum Gasteiger partial charge on any atom is 0.0209 e. The van der Waals surface area contributed by atoms with Gasteiger partial charge in [-0.3, -0.25) is 4.90 Å². The molecule has 1 heterocycles. The molecule has 0 aromatic rings. The normalized spacial score (nSPS) is 36.4. The summed E-state index contributed by atoms with van der Waals surface area (Å²) in [5.74, 6) is 0.999. The predicted octanol–water partition coefficient (Wildman–Crippen LogP) is 3.44. The summed E-state index contributed by atoms with van der Waals surface area (Å²) in [7, 11) is 0. The molecule has 0 amide bonds. The highest BCUT2D eigenvalue weighted by molar-refractivity contribution is 4.97. The highest BCUT2D eigenvalue weighted by Crippen LogP contribution is 2.42. The third kappa shape index (κ3) is 1.71. The van der Waals surface area contributed by atoms with E-state index in [2.05, 4.69) is 18.7 Å². The van der Waals surface area contributed by atoms with Crippen molar-refractivity contribution in [2.24, 2.45) is 5.92 Å². The molecule has 2 fully saturated rings. The quantitative estimate of drug-likeness (QED) is 0.652. The summed E-state index contributed by atoms with van der Waals surface area (Å²) in [6.45, 7) is 7.46. The molecule has 1 saturated carbocycles. The van der Waals surface area contributed by atoms with E-state index in [9.17, 15) is 0 Å². The Bertz CT molecular complexity index is 184. The molecule has 0 N–H and O–H groups in total. The number of hydrogen-bond acceptors (Lipinski definition) is 1. The van der Waals surface area contributed by atoms with Crippen molar-refractivity contribution in [2.45, 2.75) is 64.3 Å². The van der Waals surface area contributed by atoms with Crippen LogP contribution in [0.4, 0.5) is 0 Å². The van der Waals surface area contributed by atoms with E-state index < -0.39 is 0 Å². The molecule has 82 valence electrons. The Morgan fingerprint density at radius 2 is 1.86 bits per heavy atom. The van der Waals surface area contributed by atoms with E-state index in [0.717, 1.165) is 5.92 Å². The Morgan fingerprint density at radius 1 is 1.14 bits per heavy atom. The minimum absolute atomic E-state index is 0.565. The Morgan fingerprint density at radius 3 is 2.50 bits per heavy atom. The minimum Gasteiger partial charge on any atom is -0.298 e. The molecular formula is C13H25N. The maximum atomic E-state index is 2.74. The van der Waals surface area contributed by atoms with Crippen LogP contribution in [0.2, 0.25) is 0 Å². The molecule has 1 saturated heterocycles. The van der Waals surface area contributed by atoms with Gasteiger partial charge in [-0.1, -0.05) is 26.2 Å². The fraction of sp³-hybridized carbons (Fsp3) is 1.00. The van der Waals surface area contributed by atoms with Gasteiger partial charge in [0.25, 0.3) is 0 Å². The molecule has 0 radical (unpaired) electrons. The van der Waals surface area contributed by atoms with E-state index in [4.69, 9.17) is 0 Å². The zero-order valence-electron chi connectivity index (χ0n) is 9.89. The molecular weight excluding hydrogens is 170 g/mol. The van der Waals surface area contributed by atoms with Gasteiger partial charge in [0.1, 0.15) is 0 Å². The van der Waals surface area contributed by atoms with E-state index >= 15 is 0 Å². The number of rotatable bonds is 2. The molecule has 0 spiro atoms. The summed E-state index contributed by atoms with van der Waals surface area (Å²) in [6, 6.07) is 0. The van der Waals surface area contributed by atoms with Crippen LogP contribution in [0.15, 0.2) is 0 Å². The van der Waals surface area contributed by atoms with Crippen LogP contribution < -0.4 is 0 Å². The van der Waals surface area contributed by atoms with E-state index in [1.54, 1.807) is 0 Å². The van der Waals surface area contributed by atoms with Crippen LogP contribution in [0.1, 0.15) is 58.8 Å². The van der Waals surface area contributed by atoms with Crippen LogP contribution in [-0.4, -0.2) is 23.5 Å². The molecule has 2 rings (SSSR count). The second-order valence-electron chi connectivity index (χ2n) is 5.38. The first kappa shape index (κ1) is 10.5. The van der Waals surface area contributed by atoms with Gasteiger partial charge in [-0.25, -0.2) is 0 Å². The van der Waals surface area contributed by atoms with Crippen LogP contribution in [0.3, 0.4) is 0 Å². The molecule has 0 aromatic carbocycles. The van der Waals surface area contributed by atoms with Crippen LogP contribution >= 0.6 is 0 Å².